The molecule has 0 aromatic heterocycles. The zero-order valence-electron chi connectivity index (χ0n) is 11.2. The summed E-state index contributed by atoms with van der Waals surface area (Å²) in [6.45, 7) is 0. The standard InChI is InChI=1S/C15H11Cl2FN2O2/c16-11-6-10(15(22)13(17)7-11)8-19-20-14(21)5-9-1-3-12(18)4-2-9/h1-4,6-8,22H,5H2,(H,20,21)/b19-8-. The molecule has 2 rings (SSSR count). The molecule has 0 aliphatic carbocycles. The van der Waals surface area contributed by atoms with E-state index in [0.29, 0.717) is 10.6 Å². The predicted molar refractivity (Wildman–Crippen MR) is 84.0 cm³/mol. The Kier molecular flexibility index (Phi) is 5.35. The Balaban J connectivity index is 1.97. The monoisotopic (exact) mass is 340 g/mol. The molecule has 0 spiro atoms. The van der Waals surface area contributed by atoms with Crippen molar-refractivity contribution in [2.24, 2.45) is 5.10 Å². The van der Waals surface area contributed by atoms with Crippen molar-refractivity contribution in [1.82, 2.24) is 5.43 Å². The van der Waals surface area contributed by atoms with Gasteiger partial charge in [-0.3, -0.25) is 4.79 Å². The number of hydrogen-bond donors (Lipinski definition) is 2. The fraction of sp³-hybridized carbons (Fsp3) is 0.0667. The molecule has 0 heterocycles. The second-order valence-electron chi connectivity index (χ2n) is 4.42. The summed E-state index contributed by atoms with van der Waals surface area (Å²) in [5, 5.41) is 13.9. The van der Waals surface area contributed by atoms with Crippen LogP contribution in [0.15, 0.2) is 41.5 Å². The zero-order chi connectivity index (χ0) is 16.1. The number of hydrogen-bond acceptors (Lipinski definition) is 3. The quantitative estimate of drug-likeness (QED) is 0.660. The van der Waals surface area contributed by atoms with Crippen LogP contribution in [0.25, 0.3) is 0 Å². The van der Waals surface area contributed by atoms with Crippen molar-refractivity contribution >= 4 is 35.3 Å². The van der Waals surface area contributed by atoms with Crippen LogP contribution in [0.5, 0.6) is 5.75 Å². The highest BCUT2D eigenvalue weighted by Gasteiger charge is 2.06. The predicted octanol–water partition coefficient (Wildman–Crippen LogP) is 3.53. The van der Waals surface area contributed by atoms with Crippen LogP contribution in [0, 0.1) is 5.82 Å². The van der Waals surface area contributed by atoms with E-state index in [-0.39, 0.29) is 34.5 Å². The van der Waals surface area contributed by atoms with Gasteiger partial charge in [0.25, 0.3) is 0 Å². The molecule has 114 valence electrons. The maximum atomic E-state index is 12.7. The Labute approximate surface area is 136 Å². The number of carbonyl (C=O) groups is 1. The molecule has 0 saturated carbocycles. The topological polar surface area (TPSA) is 61.7 Å². The van der Waals surface area contributed by atoms with Crippen molar-refractivity contribution in [3.8, 4) is 5.75 Å². The van der Waals surface area contributed by atoms with Gasteiger partial charge in [0.05, 0.1) is 17.7 Å². The van der Waals surface area contributed by atoms with E-state index < -0.39 is 0 Å². The lowest BCUT2D eigenvalue weighted by atomic mass is 10.1. The Bertz CT molecular complexity index is 718. The molecule has 2 aromatic carbocycles. The molecule has 0 fully saturated rings. The molecule has 0 radical (unpaired) electrons. The molecule has 0 aliphatic rings. The minimum Gasteiger partial charge on any atom is -0.506 e. The molecule has 2 aromatic rings. The van der Waals surface area contributed by atoms with Crippen LogP contribution in [-0.2, 0) is 11.2 Å². The molecule has 0 saturated heterocycles. The number of nitrogens with one attached hydrogen (secondary N) is 1. The highest BCUT2D eigenvalue weighted by Crippen LogP contribution is 2.29. The Morgan fingerprint density at radius 3 is 2.64 bits per heavy atom. The number of halogens is 3. The Morgan fingerprint density at radius 2 is 1.95 bits per heavy atom. The first kappa shape index (κ1) is 16.3. The second kappa shape index (κ2) is 7.24. The summed E-state index contributed by atoms with van der Waals surface area (Å²) in [5.74, 6) is -0.923. The molecule has 7 heteroatoms. The lowest BCUT2D eigenvalue weighted by Gasteiger charge is -2.03. The first-order valence-electron chi connectivity index (χ1n) is 6.20. The fourth-order valence-electron chi connectivity index (χ4n) is 1.69. The van der Waals surface area contributed by atoms with Gasteiger partial charge in [0.2, 0.25) is 5.91 Å². The van der Waals surface area contributed by atoms with E-state index in [4.69, 9.17) is 23.2 Å². The first-order chi connectivity index (χ1) is 10.5. The summed E-state index contributed by atoms with van der Waals surface area (Å²) in [4.78, 5) is 11.7. The van der Waals surface area contributed by atoms with Crippen LogP contribution in [0.2, 0.25) is 10.0 Å². The number of nitrogens with zero attached hydrogens (tertiary/aromatic N) is 1. The molecule has 0 atom stereocenters. The number of phenolic OH excluding ortho intramolecular Hbond substituents is 1. The number of amides is 1. The van der Waals surface area contributed by atoms with E-state index in [1.165, 1.54) is 42.6 Å². The molecular formula is C15H11Cl2FN2O2. The van der Waals surface area contributed by atoms with Gasteiger partial charge in [-0.05, 0) is 29.8 Å². The van der Waals surface area contributed by atoms with E-state index in [0.717, 1.165) is 0 Å². The summed E-state index contributed by atoms with van der Waals surface area (Å²) >= 11 is 11.6. The van der Waals surface area contributed by atoms with Gasteiger partial charge < -0.3 is 5.11 Å². The average Bonchev–Trinajstić information content (AvgIpc) is 2.46. The summed E-state index contributed by atoms with van der Waals surface area (Å²) in [6, 6.07) is 8.43. The van der Waals surface area contributed by atoms with Gasteiger partial charge in [0.1, 0.15) is 11.6 Å². The normalized spacial score (nSPS) is 10.9. The lowest BCUT2D eigenvalue weighted by Crippen LogP contribution is -2.19. The van der Waals surface area contributed by atoms with Crippen molar-refractivity contribution in [2.45, 2.75) is 6.42 Å². The molecule has 0 aliphatic heterocycles. The van der Waals surface area contributed by atoms with E-state index in [1.807, 2.05) is 0 Å². The second-order valence-corrected chi connectivity index (χ2v) is 5.27. The molecular weight excluding hydrogens is 330 g/mol. The molecule has 0 unspecified atom stereocenters. The molecule has 0 bridgehead atoms. The first-order valence-corrected chi connectivity index (χ1v) is 6.95. The summed E-state index contributed by atoms with van der Waals surface area (Å²) in [6.07, 6.45) is 1.29. The third-order valence-corrected chi connectivity index (χ3v) is 3.23. The van der Waals surface area contributed by atoms with Crippen molar-refractivity contribution in [2.75, 3.05) is 0 Å². The van der Waals surface area contributed by atoms with Crippen LogP contribution in [-0.4, -0.2) is 17.2 Å². The number of rotatable bonds is 4. The molecule has 4 nitrogen and oxygen atoms in total. The number of carbonyl (C=O) groups excluding carboxylic acids is 1. The summed E-state index contributed by atoms with van der Waals surface area (Å²) < 4.78 is 12.7. The van der Waals surface area contributed by atoms with Crippen LogP contribution >= 0.6 is 23.2 Å². The number of benzene rings is 2. The molecule has 1 amide bonds. The maximum Gasteiger partial charge on any atom is 0.244 e. The lowest BCUT2D eigenvalue weighted by molar-refractivity contribution is -0.120. The zero-order valence-corrected chi connectivity index (χ0v) is 12.7. The Morgan fingerprint density at radius 1 is 1.27 bits per heavy atom. The molecule has 2 N–H and O–H groups in total. The third-order valence-electron chi connectivity index (χ3n) is 2.73. The van der Waals surface area contributed by atoms with Crippen LogP contribution in [0.1, 0.15) is 11.1 Å². The van der Waals surface area contributed by atoms with Gasteiger partial charge >= 0.3 is 0 Å². The van der Waals surface area contributed by atoms with E-state index in [9.17, 15) is 14.3 Å². The van der Waals surface area contributed by atoms with Crippen LogP contribution in [0.4, 0.5) is 4.39 Å². The van der Waals surface area contributed by atoms with Crippen LogP contribution in [0.3, 0.4) is 0 Å². The molecule has 22 heavy (non-hydrogen) atoms. The maximum absolute atomic E-state index is 12.7. The third kappa shape index (κ3) is 4.44. The Hall–Kier alpha value is -2.11. The number of phenols is 1. The summed E-state index contributed by atoms with van der Waals surface area (Å²) in [5.41, 5.74) is 3.23. The van der Waals surface area contributed by atoms with Gasteiger partial charge in [-0.1, -0.05) is 35.3 Å². The smallest absolute Gasteiger partial charge is 0.244 e. The largest absolute Gasteiger partial charge is 0.506 e. The van der Waals surface area contributed by atoms with Gasteiger partial charge in [-0.15, -0.1) is 0 Å². The van der Waals surface area contributed by atoms with Gasteiger partial charge in [0, 0.05) is 10.6 Å². The van der Waals surface area contributed by atoms with Gasteiger partial charge in [0.15, 0.2) is 0 Å². The number of hydrazone groups is 1. The van der Waals surface area contributed by atoms with Crippen molar-refractivity contribution < 1.29 is 14.3 Å². The highest BCUT2D eigenvalue weighted by atomic mass is 35.5. The minimum atomic E-state index is -0.379. The van der Waals surface area contributed by atoms with Gasteiger partial charge in [-0.2, -0.15) is 5.10 Å². The van der Waals surface area contributed by atoms with Gasteiger partial charge in [-0.25, -0.2) is 9.82 Å². The SMILES string of the molecule is O=C(Cc1ccc(F)cc1)N/N=C\c1cc(Cl)cc(Cl)c1O. The van der Waals surface area contributed by atoms with E-state index in [2.05, 4.69) is 10.5 Å². The fourth-order valence-corrected chi connectivity index (χ4v) is 2.19. The van der Waals surface area contributed by atoms with E-state index >= 15 is 0 Å². The number of aromatic hydroxyl groups is 1. The highest BCUT2D eigenvalue weighted by molar-refractivity contribution is 6.36. The summed E-state index contributed by atoms with van der Waals surface area (Å²) in [7, 11) is 0. The van der Waals surface area contributed by atoms with E-state index in [1.54, 1.807) is 0 Å². The van der Waals surface area contributed by atoms with Crippen molar-refractivity contribution in [3.05, 3.63) is 63.4 Å². The minimum absolute atomic E-state index is 0.0555. The van der Waals surface area contributed by atoms with Crippen molar-refractivity contribution in [1.29, 1.82) is 0 Å². The van der Waals surface area contributed by atoms with Crippen molar-refractivity contribution in [3.63, 3.8) is 0 Å². The average molecular weight is 341 g/mol. The van der Waals surface area contributed by atoms with Crippen LogP contribution < -0.4 is 5.43 Å².